The second-order valence-electron chi connectivity index (χ2n) is 8.00. The average molecular weight is 383 g/mol. The van der Waals surface area contributed by atoms with E-state index in [9.17, 15) is 9.59 Å². The molecule has 2 aromatic rings. The molecule has 6 nitrogen and oxygen atoms in total. The van der Waals surface area contributed by atoms with E-state index < -0.39 is 0 Å². The van der Waals surface area contributed by atoms with Crippen molar-refractivity contribution >= 4 is 5.91 Å². The molecular formula is C22H30N4O2. The van der Waals surface area contributed by atoms with Gasteiger partial charge in [-0.05, 0) is 37.3 Å². The number of benzene rings is 1. The van der Waals surface area contributed by atoms with E-state index in [2.05, 4.69) is 58.3 Å². The summed E-state index contributed by atoms with van der Waals surface area (Å²) >= 11 is 0. The number of carbonyl (C=O) groups is 1. The van der Waals surface area contributed by atoms with Crippen LogP contribution in [0.15, 0.2) is 29.1 Å². The van der Waals surface area contributed by atoms with Gasteiger partial charge >= 0.3 is 0 Å². The van der Waals surface area contributed by atoms with Gasteiger partial charge in [-0.1, -0.05) is 38.1 Å². The van der Waals surface area contributed by atoms with E-state index >= 15 is 0 Å². The third-order valence-corrected chi connectivity index (χ3v) is 5.59. The number of H-pyrrole nitrogens is 1. The molecule has 0 fully saturated rings. The zero-order valence-electron chi connectivity index (χ0n) is 17.2. The van der Waals surface area contributed by atoms with Gasteiger partial charge in [-0.2, -0.15) is 0 Å². The molecule has 1 aliphatic rings. The number of aromatic nitrogens is 2. The van der Waals surface area contributed by atoms with Crippen LogP contribution in [0.4, 0.5) is 0 Å². The maximum atomic E-state index is 12.5. The highest BCUT2D eigenvalue weighted by Crippen LogP contribution is 2.22. The first-order valence-corrected chi connectivity index (χ1v) is 9.99. The number of rotatable bonds is 6. The maximum Gasteiger partial charge on any atom is 0.254 e. The van der Waals surface area contributed by atoms with E-state index in [1.165, 1.54) is 11.1 Å². The number of fused-ring (bicyclic) bond motifs is 1. The summed E-state index contributed by atoms with van der Waals surface area (Å²) in [5.74, 6) is 0.843. The quantitative estimate of drug-likeness (QED) is 0.802. The van der Waals surface area contributed by atoms with Crippen molar-refractivity contribution in [2.75, 3.05) is 13.1 Å². The lowest BCUT2D eigenvalue weighted by Crippen LogP contribution is -2.49. The Hall–Kier alpha value is -2.47. The smallest absolute Gasteiger partial charge is 0.254 e. The maximum absolute atomic E-state index is 12.5. The van der Waals surface area contributed by atoms with Gasteiger partial charge in [0.25, 0.3) is 5.56 Å². The second-order valence-corrected chi connectivity index (χ2v) is 8.00. The highest BCUT2D eigenvalue weighted by molar-refractivity contribution is 5.78. The first-order valence-electron chi connectivity index (χ1n) is 9.99. The number of carbonyl (C=O) groups excluding carboxylic acids is 1. The summed E-state index contributed by atoms with van der Waals surface area (Å²) in [4.78, 5) is 34.0. The summed E-state index contributed by atoms with van der Waals surface area (Å²) in [6.45, 7) is 10.4. The molecule has 0 saturated heterocycles. The van der Waals surface area contributed by atoms with Crippen LogP contribution >= 0.6 is 0 Å². The summed E-state index contributed by atoms with van der Waals surface area (Å²) in [5.41, 5.74) is 3.62. The first kappa shape index (κ1) is 20.3. The lowest BCUT2D eigenvalue weighted by atomic mass is 9.95. The molecular weight excluding hydrogens is 352 g/mol. The average Bonchev–Trinajstić information content (AvgIpc) is 2.64. The number of nitrogens with zero attached hydrogens (tertiary/aromatic N) is 2. The van der Waals surface area contributed by atoms with Gasteiger partial charge in [0.1, 0.15) is 5.82 Å². The van der Waals surface area contributed by atoms with Gasteiger partial charge in [0.2, 0.25) is 5.91 Å². The zero-order valence-corrected chi connectivity index (χ0v) is 17.2. The molecule has 1 aromatic carbocycles. The largest absolute Gasteiger partial charge is 0.354 e. The van der Waals surface area contributed by atoms with Crippen molar-refractivity contribution in [2.45, 2.75) is 53.1 Å². The van der Waals surface area contributed by atoms with Crippen molar-refractivity contribution in [3.05, 3.63) is 62.8 Å². The van der Waals surface area contributed by atoms with E-state index in [-0.39, 0.29) is 23.9 Å². The number of aryl methyl sites for hydroxylation is 2. The number of amides is 1. The van der Waals surface area contributed by atoms with Gasteiger partial charge in [0.05, 0.1) is 6.42 Å². The van der Waals surface area contributed by atoms with Gasteiger partial charge in [-0.3, -0.25) is 14.5 Å². The van der Waals surface area contributed by atoms with Crippen LogP contribution in [-0.4, -0.2) is 39.9 Å². The molecule has 0 spiro atoms. The van der Waals surface area contributed by atoms with Crippen LogP contribution in [0, 0.1) is 19.8 Å². The Morgan fingerprint density at radius 3 is 2.64 bits per heavy atom. The van der Waals surface area contributed by atoms with Gasteiger partial charge in [-0.25, -0.2) is 4.98 Å². The summed E-state index contributed by atoms with van der Waals surface area (Å²) < 4.78 is 0. The predicted molar refractivity (Wildman–Crippen MR) is 110 cm³/mol. The Balaban J connectivity index is 1.63. The van der Waals surface area contributed by atoms with Crippen molar-refractivity contribution in [3.8, 4) is 0 Å². The van der Waals surface area contributed by atoms with E-state index in [0.717, 1.165) is 19.5 Å². The van der Waals surface area contributed by atoms with Crippen molar-refractivity contribution in [1.82, 2.24) is 20.2 Å². The van der Waals surface area contributed by atoms with Crippen molar-refractivity contribution < 1.29 is 4.79 Å². The minimum atomic E-state index is -0.229. The van der Waals surface area contributed by atoms with Crippen LogP contribution < -0.4 is 10.9 Å². The lowest BCUT2D eigenvalue weighted by molar-refractivity contribution is -0.120. The van der Waals surface area contributed by atoms with Crippen molar-refractivity contribution in [2.24, 2.45) is 5.92 Å². The van der Waals surface area contributed by atoms with Crippen LogP contribution in [0.3, 0.4) is 0 Å². The first-order chi connectivity index (χ1) is 13.3. The van der Waals surface area contributed by atoms with Gasteiger partial charge < -0.3 is 10.3 Å². The normalized spacial score (nSPS) is 15.3. The Morgan fingerprint density at radius 2 is 1.96 bits per heavy atom. The molecule has 28 heavy (non-hydrogen) atoms. The molecule has 0 radical (unpaired) electrons. The molecule has 0 bridgehead atoms. The Kier molecular flexibility index (Phi) is 6.29. The van der Waals surface area contributed by atoms with Crippen LogP contribution in [0.2, 0.25) is 0 Å². The summed E-state index contributed by atoms with van der Waals surface area (Å²) in [5, 5.41) is 3.04. The summed E-state index contributed by atoms with van der Waals surface area (Å²) in [6, 6.07) is 8.83. The minimum absolute atomic E-state index is 0.0576. The highest BCUT2D eigenvalue weighted by atomic mass is 16.2. The standard InChI is InChI=1S/C22H30N4O2/c1-14(2)20(26-10-9-17-7-5-6-8-18(17)13-26)12-23-21(27)11-19-15(3)24-16(4)25-22(19)28/h5-8,14,20H,9-13H2,1-4H3,(H,23,27)(H,24,25,28)/t20-/m0/s1. The Bertz CT molecular complexity index is 904. The Labute approximate surface area is 166 Å². The molecule has 1 aliphatic heterocycles. The number of nitrogens with one attached hydrogen (secondary N) is 2. The van der Waals surface area contributed by atoms with Crippen LogP contribution in [0.5, 0.6) is 0 Å². The number of hydrogen-bond donors (Lipinski definition) is 2. The number of aromatic amines is 1. The molecule has 6 heteroatoms. The number of hydrogen-bond acceptors (Lipinski definition) is 4. The molecule has 1 amide bonds. The molecule has 0 aliphatic carbocycles. The molecule has 0 unspecified atom stereocenters. The summed E-state index contributed by atoms with van der Waals surface area (Å²) in [7, 11) is 0. The van der Waals surface area contributed by atoms with Crippen molar-refractivity contribution in [3.63, 3.8) is 0 Å². The fourth-order valence-corrected chi connectivity index (χ4v) is 3.99. The second kappa shape index (κ2) is 8.69. The Morgan fingerprint density at radius 1 is 1.25 bits per heavy atom. The minimum Gasteiger partial charge on any atom is -0.354 e. The van der Waals surface area contributed by atoms with E-state index in [1.807, 2.05) is 0 Å². The third kappa shape index (κ3) is 4.68. The fraction of sp³-hybridized carbons (Fsp3) is 0.500. The van der Waals surface area contributed by atoms with Gasteiger partial charge in [-0.15, -0.1) is 0 Å². The monoisotopic (exact) mass is 382 g/mol. The zero-order chi connectivity index (χ0) is 20.3. The van der Waals surface area contributed by atoms with Crippen LogP contribution in [0.25, 0.3) is 0 Å². The van der Waals surface area contributed by atoms with Crippen LogP contribution in [0.1, 0.15) is 42.1 Å². The summed E-state index contributed by atoms with van der Waals surface area (Å²) in [6.07, 6.45) is 1.10. The van der Waals surface area contributed by atoms with Gasteiger partial charge in [0, 0.05) is 36.9 Å². The predicted octanol–water partition coefficient (Wildman–Crippen LogP) is 2.13. The third-order valence-electron chi connectivity index (χ3n) is 5.59. The van der Waals surface area contributed by atoms with E-state index in [4.69, 9.17) is 0 Å². The molecule has 3 rings (SSSR count). The fourth-order valence-electron chi connectivity index (χ4n) is 3.99. The van der Waals surface area contributed by atoms with Crippen LogP contribution in [-0.2, 0) is 24.2 Å². The topological polar surface area (TPSA) is 78.1 Å². The molecule has 2 N–H and O–H groups in total. The molecule has 1 aromatic heterocycles. The molecule has 0 saturated carbocycles. The van der Waals surface area contributed by atoms with E-state index in [0.29, 0.717) is 29.5 Å². The lowest BCUT2D eigenvalue weighted by Gasteiger charge is -2.38. The van der Waals surface area contributed by atoms with Gasteiger partial charge in [0.15, 0.2) is 0 Å². The molecule has 2 heterocycles. The van der Waals surface area contributed by atoms with Crippen molar-refractivity contribution in [1.29, 1.82) is 0 Å². The SMILES string of the molecule is Cc1nc(C)c(CC(=O)NC[C@@H](C(C)C)N2CCc3ccccc3C2)c(=O)[nH]1. The highest BCUT2D eigenvalue weighted by Gasteiger charge is 2.26. The molecule has 1 atom stereocenters. The van der Waals surface area contributed by atoms with E-state index in [1.54, 1.807) is 13.8 Å². The molecule has 150 valence electrons.